The molecule has 0 aliphatic carbocycles. The number of nitrogens with zero attached hydrogens (tertiary/aromatic N) is 2. The first-order chi connectivity index (χ1) is 12.3. The van der Waals surface area contributed by atoms with E-state index >= 15 is 0 Å². The summed E-state index contributed by atoms with van der Waals surface area (Å²) >= 11 is 0. The SMILES string of the molecule is Cc1ccccc1C1=C2C=C(C(F)(F)F)C=CN2C(NCC(F)F)=NC1. The minimum absolute atomic E-state index is 0.0950. The highest BCUT2D eigenvalue weighted by atomic mass is 19.4. The van der Waals surface area contributed by atoms with Crippen LogP contribution in [0, 0.1) is 6.92 Å². The minimum atomic E-state index is -4.50. The monoisotopic (exact) mass is 369 g/mol. The molecule has 138 valence electrons. The van der Waals surface area contributed by atoms with Gasteiger partial charge in [-0.25, -0.2) is 13.8 Å². The summed E-state index contributed by atoms with van der Waals surface area (Å²) in [7, 11) is 0. The largest absolute Gasteiger partial charge is 0.416 e. The van der Waals surface area contributed by atoms with Crippen LogP contribution in [0.5, 0.6) is 0 Å². The van der Waals surface area contributed by atoms with E-state index in [-0.39, 0.29) is 18.2 Å². The van der Waals surface area contributed by atoms with Crippen LogP contribution < -0.4 is 5.32 Å². The molecule has 2 aliphatic heterocycles. The van der Waals surface area contributed by atoms with Crippen LogP contribution in [0.3, 0.4) is 0 Å². The molecule has 0 saturated heterocycles. The number of rotatable bonds is 3. The highest BCUT2D eigenvalue weighted by Crippen LogP contribution is 2.36. The normalized spacial score (nSPS) is 17.3. The summed E-state index contributed by atoms with van der Waals surface area (Å²) < 4.78 is 64.5. The van der Waals surface area contributed by atoms with Crippen LogP contribution in [0.2, 0.25) is 0 Å². The third-order valence-corrected chi connectivity index (χ3v) is 4.09. The lowest BCUT2D eigenvalue weighted by atomic mass is 9.95. The van der Waals surface area contributed by atoms with Crippen LogP contribution in [0.25, 0.3) is 5.57 Å². The molecule has 0 unspecified atom stereocenters. The molecule has 1 N–H and O–H groups in total. The number of aliphatic imine (C=N–C) groups is 1. The molecule has 0 saturated carbocycles. The molecule has 0 fully saturated rings. The Morgan fingerprint density at radius 1 is 1.23 bits per heavy atom. The Morgan fingerprint density at radius 2 is 1.96 bits per heavy atom. The van der Waals surface area contributed by atoms with Crippen LogP contribution in [0.1, 0.15) is 11.1 Å². The predicted molar refractivity (Wildman–Crippen MR) is 89.5 cm³/mol. The summed E-state index contributed by atoms with van der Waals surface area (Å²) in [6.07, 6.45) is -3.97. The number of aryl methyl sites for hydroxylation is 1. The fourth-order valence-corrected chi connectivity index (χ4v) is 2.85. The van der Waals surface area contributed by atoms with Gasteiger partial charge in [-0.3, -0.25) is 4.90 Å². The molecule has 1 aromatic carbocycles. The van der Waals surface area contributed by atoms with E-state index in [1.165, 1.54) is 11.1 Å². The van der Waals surface area contributed by atoms with Crippen LogP contribution >= 0.6 is 0 Å². The molecule has 0 bridgehead atoms. The summed E-state index contributed by atoms with van der Waals surface area (Å²) in [5.74, 6) is 0.103. The van der Waals surface area contributed by atoms with Crippen LogP contribution in [-0.4, -0.2) is 36.6 Å². The maximum absolute atomic E-state index is 13.2. The van der Waals surface area contributed by atoms with Gasteiger partial charge in [0.2, 0.25) is 5.96 Å². The zero-order valence-corrected chi connectivity index (χ0v) is 13.8. The Balaban J connectivity index is 2.06. The number of alkyl halides is 5. The van der Waals surface area contributed by atoms with Gasteiger partial charge in [0.05, 0.1) is 24.4 Å². The van der Waals surface area contributed by atoms with Crippen LogP contribution in [0.15, 0.2) is 58.9 Å². The molecule has 2 aliphatic rings. The lowest BCUT2D eigenvalue weighted by Crippen LogP contribution is -2.43. The van der Waals surface area contributed by atoms with Gasteiger partial charge in [0.1, 0.15) is 0 Å². The van der Waals surface area contributed by atoms with Gasteiger partial charge in [0.25, 0.3) is 6.43 Å². The van der Waals surface area contributed by atoms with Crippen molar-refractivity contribution < 1.29 is 22.0 Å². The molecule has 0 amide bonds. The first-order valence-corrected chi connectivity index (χ1v) is 7.89. The van der Waals surface area contributed by atoms with Crippen molar-refractivity contribution in [1.82, 2.24) is 10.2 Å². The van der Waals surface area contributed by atoms with Crippen molar-refractivity contribution in [2.24, 2.45) is 4.99 Å². The maximum atomic E-state index is 13.2. The third kappa shape index (κ3) is 3.63. The van der Waals surface area contributed by atoms with Crippen molar-refractivity contribution in [2.45, 2.75) is 19.5 Å². The van der Waals surface area contributed by atoms with Crippen molar-refractivity contribution >= 4 is 11.5 Å². The minimum Gasteiger partial charge on any atom is -0.350 e. The molecular weight excluding hydrogens is 353 g/mol. The molecule has 8 heteroatoms. The number of fused-ring (bicyclic) bond motifs is 1. The highest BCUT2D eigenvalue weighted by molar-refractivity contribution is 5.91. The number of halogens is 5. The van der Waals surface area contributed by atoms with Gasteiger partial charge in [0.15, 0.2) is 0 Å². The van der Waals surface area contributed by atoms with E-state index in [2.05, 4.69) is 10.3 Å². The van der Waals surface area contributed by atoms with Gasteiger partial charge >= 0.3 is 6.18 Å². The second-order valence-corrected chi connectivity index (χ2v) is 5.87. The number of guanidine groups is 1. The summed E-state index contributed by atoms with van der Waals surface area (Å²) in [5, 5.41) is 2.49. The Hall–Kier alpha value is -2.64. The smallest absolute Gasteiger partial charge is 0.350 e. The number of benzene rings is 1. The van der Waals surface area contributed by atoms with Gasteiger partial charge in [-0.15, -0.1) is 0 Å². The second-order valence-electron chi connectivity index (χ2n) is 5.87. The maximum Gasteiger partial charge on any atom is 0.416 e. The Kier molecular flexibility index (Phi) is 4.84. The van der Waals surface area contributed by atoms with Gasteiger partial charge in [0, 0.05) is 11.8 Å². The number of allylic oxidation sites excluding steroid dienone is 3. The molecule has 2 heterocycles. The molecule has 3 nitrogen and oxygen atoms in total. The Labute approximate surface area is 147 Å². The van der Waals surface area contributed by atoms with E-state index < -0.39 is 24.7 Å². The lowest BCUT2D eigenvalue weighted by Gasteiger charge is -2.33. The fourth-order valence-electron chi connectivity index (χ4n) is 2.85. The standard InChI is InChI=1S/C18H16F5N3/c1-11-4-2-3-5-13(11)14-9-24-17(25-10-16(19)20)26-7-6-12(8-15(14)26)18(21,22)23/h2-8,16H,9-10H2,1H3,(H,24,25). The summed E-state index contributed by atoms with van der Waals surface area (Å²) in [5.41, 5.74) is 1.76. The van der Waals surface area contributed by atoms with Gasteiger partial charge in [-0.1, -0.05) is 24.3 Å². The van der Waals surface area contributed by atoms with Crippen LogP contribution in [0.4, 0.5) is 22.0 Å². The molecule has 0 aromatic heterocycles. The summed E-state index contributed by atoms with van der Waals surface area (Å²) in [6.45, 7) is 1.32. The zero-order valence-electron chi connectivity index (χ0n) is 13.8. The zero-order chi connectivity index (χ0) is 18.9. The average Bonchev–Trinajstić information content (AvgIpc) is 2.59. The third-order valence-electron chi connectivity index (χ3n) is 4.09. The average molecular weight is 369 g/mol. The first-order valence-electron chi connectivity index (χ1n) is 7.89. The van der Waals surface area contributed by atoms with Crippen molar-refractivity contribution in [3.05, 3.63) is 65.0 Å². The quantitative estimate of drug-likeness (QED) is 0.807. The highest BCUT2D eigenvalue weighted by Gasteiger charge is 2.36. The Morgan fingerprint density at radius 3 is 2.62 bits per heavy atom. The molecular formula is C18H16F5N3. The van der Waals surface area contributed by atoms with E-state index in [9.17, 15) is 22.0 Å². The predicted octanol–water partition coefficient (Wildman–Crippen LogP) is 4.25. The number of hydrogen-bond acceptors (Lipinski definition) is 3. The van der Waals surface area contributed by atoms with E-state index in [0.29, 0.717) is 5.57 Å². The van der Waals surface area contributed by atoms with Gasteiger partial charge < -0.3 is 5.32 Å². The Bertz CT molecular complexity index is 818. The van der Waals surface area contributed by atoms with Gasteiger partial charge in [-0.2, -0.15) is 13.2 Å². The van der Waals surface area contributed by atoms with Crippen molar-refractivity contribution in [1.29, 1.82) is 0 Å². The van der Waals surface area contributed by atoms with Crippen molar-refractivity contribution in [2.75, 3.05) is 13.1 Å². The summed E-state index contributed by atoms with van der Waals surface area (Å²) in [6, 6.07) is 7.29. The van der Waals surface area contributed by atoms with E-state index in [1.807, 2.05) is 25.1 Å². The van der Waals surface area contributed by atoms with Crippen molar-refractivity contribution in [3.63, 3.8) is 0 Å². The number of nitrogens with one attached hydrogen (secondary N) is 1. The second kappa shape index (κ2) is 6.93. The van der Waals surface area contributed by atoms with Crippen molar-refractivity contribution in [3.8, 4) is 0 Å². The fraction of sp³-hybridized carbons (Fsp3) is 0.278. The van der Waals surface area contributed by atoms with Gasteiger partial charge in [-0.05, 0) is 30.2 Å². The van der Waals surface area contributed by atoms with E-state index in [1.54, 1.807) is 6.07 Å². The lowest BCUT2D eigenvalue weighted by molar-refractivity contribution is -0.0885. The molecule has 0 spiro atoms. The molecule has 1 aromatic rings. The summed E-state index contributed by atoms with van der Waals surface area (Å²) in [4.78, 5) is 5.63. The molecule has 0 atom stereocenters. The number of hydrogen-bond donors (Lipinski definition) is 1. The molecule has 26 heavy (non-hydrogen) atoms. The molecule has 0 radical (unpaired) electrons. The topological polar surface area (TPSA) is 27.6 Å². The van der Waals surface area contributed by atoms with E-state index in [4.69, 9.17) is 0 Å². The van der Waals surface area contributed by atoms with E-state index in [0.717, 1.165) is 23.3 Å². The first kappa shape index (κ1) is 18.2. The molecule has 3 rings (SSSR count). The van der Waals surface area contributed by atoms with Crippen LogP contribution in [-0.2, 0) is 0 Å².